The number of aliphatic carboxylic acids is 1. The van der Waals surface area contributed by atoms with Crippen LogP contribution in [0.3, 0.4) is 0 Å². The Labute approximate surface area is 127 Å². The molecular formula is C13H27N3O4S. The van der Waals surface area contributed by atoms with Crippen molar-refractivity contribution in [2.24, 2.45) is 5.41 Å². The van der Waals surface area contributed by atoms with Crippen LogP contribution in [0.2, 0.25) is 0 Å². The van der Waals surface area contributed by atoms with Crippen LogP contribution in [0, 0.1) is 5.41 Å². The third kappa shape index (κ3) is 5.54. The maximum absolute atomic E-state index is 12.4. The van der Waals surface area contributed by atoms with Gasteiger partial charge in [-0.1, -0.05) is 13.8 Å². The first-order valence-corrected chi connectivity index (χ1v) is 8.63. The van der Waals surface area contributed by atoms with E-state index in [1.807, 2.05) is 32.8 Å². The zero-order valence-corrected chi connectivity index (χ0v) is 14.1. The molecule has 1 aliphatic heterocycles. The van der Waals surface area contributed by atoms with E-state index in [4.69, 9.17) is 0 Å². The summed E-state index contributed by atoms with van der Waals surface area (Å²) >= 11 is 0. The van der Waals surface area contributed by atoms with Gasteiger partial charge in [-0.2, -0.15) is 12.7 Å². The summed E-state index contributed by atoms with van der Waals surface area (Å²) in [5.74, 6) is -1.08. The lowest BCUT2D eigenvalue weighted by atomic mass is 9.93. The van der Waals surface area contributed by atoms with Crippen LogP contribution in [0.15, 0.2) is 0 Å². The smallest absolute Gasteiger partial charge is 0.322 e. The second kappa shape index (κ2) is 7.04. The first-order valence-electron chi connectivity index (χ1n) is 7.19. The van der Waals surface area contributed by atoms with Gasteiger partial charge in [0.2, 0.25) is 0 Å². The Balaban J connectivity index is 2.73. The van der Waals surface area contributed by atoms with Crippen molar-refractivity contribution in [3.8, 4) is 0 Å². The van der Waals surface area contributed by atoms with Crippen LogP contribution in [-0.4, -0.2) is 68.5 Å². The average molecular weight is 321 g/mol. The van der Waals surface area contributed by atoms with E-state index in [0.29, 0.717) is 12.8 Å². The first-order chi connectivity index (χ1) is 9.55. The molecule has 1 fully saturated rings. The fourth-order valence-corrected chi connectivity index (χ4v) is 4.36. The zero-order chi connectivity index (χ0) is 16.3. The number of hydrogen-bond donors (Lipinski definition) is 2. The Hall–Kier alpha value is -0.700. The summed E-state index contributed by atoms with van der Waals surface area (Å²) in [6.07, 6.45) is 1.82. The van der Waals surface area contributed by atoms with E-state index >= 15 is 0 Å². The molecule has 8 heteroatoms. The highest BCUT2D eigenvalue weighted by atomic mass is 32.2. The maximum Gasteiger partial charge on any atom is 0.322 e. The van der Waals surface area contributed by atoms with Crippen LogP contribution in [-0.2, 0) is 15.0 Å². The fourth-order valence-electron chi connectivity index (χ4n) is 2.72. The molecule has 1 atom stereocenters. The van der Waals surface area contributed by atoms with Gasteiger partial charge >= 0.3 is 5.97 Å². The highest BCUT2D eigenvalue weighted by Crippen LogP contribution is 2.21. The Morgan fingerprint density at radius 3 is 2.52 bits per heavy atom. The largest absolute Gasteiger partial charge is 0.480 e. The molecule has 124 valence electrons. The second-order valence-electron chi connectivity index (χ2n) is 6.69. The summed E-state index contributed by atoms with van der Waals surface area (Å²) in [4.78, 5) is 13.2. The number of nitrogens with one attached hydrogen (secondary N) is 1. The molecule has 0 aromatic rings. The summed E-state index contributed by atoms with van der Waals surface area (Å²) in [7, 11) is 0.101. The van der Waals surface area contributed by atoms with Crippen molar-refractivity contribution in [1.82, 2.24) is 13.9 Å². The van der Waals surface area contributed by atoms with E-state index < -0.39 is 22.2 Å². The third-order valence-electron chi connectivity index (χ3n) is 3.52. The van der Waals surface area contributed by atoms with E-state index in [-0.39, 0.29) is 18.5 Å². The molecule has 0 radical (unpaired) electrons. The Morgan fingerprint density at radius 2 is 2.00 bits per heavy atom. The predicted molar refractivity (Wildman–Crippen MR) is 81.2 cm³/mol. The summed E-state index contributed by atoms with van der Waals surface area (Å²) < 4.78 is 28.4. The van der Waals surface area contributed by atoms with Crippen molar-refractivity contribution < 1.29 is 18.3 Å². The molecule has 1 heterocycles. The van der Waals surface area contributed by atoms with Gasteiger partial charge in [-0.3, -0.25) is 4.79 Å². The molecule has 1 aliphatic rings. The first kappa shape index (κ1) is 18.3. The van der Waals surface area contributed by atoms with Crippen molar-refractivity contribution >= 4 is 16.2 Å². The Bertz CT molecular complexity index is 462. The number of nitrogens with zero attached hydrogens (tertiary/aromatic N) is 2. The van der Waals surface area contributed by atoms with E-state index in [1.54, 1.807) is 0 Å². The number of piperidine rings is 1. The summed E-state index contributed by atoms with van der Waals surface area (Å²) in [6.45, 7) is 5.22. The third-order valence-corrected chi connectivity index (χ3v) is 5.09. The van der Waals surface area contributed by atoms with Gasteiger partial charge in [0.25, 0.3) is 10.2 Å². The lowest BCUT2D eigenvalue weighted by molar-refractivity contribution is -0.142. The molecule has 0 amide bonds. The van der Waals surface area contributed by atoms with Crippen LogP contribution >= 0.6 is 0 Å². The fraction of sp³-hybridized carbons (Fsp3) is 0.923. The van der Waals surface area contributed by atoms with Gasteiger partial charge < -0.3 is 10.0 Å². The van der Waals surface area contributed by atoms with Crippen LogP contribution in [0.1, 0.15) is 33.1 Å². The predicted octanol–water partition coefficient (Wildman–Crippen LogP) is 0.348. The normalized spacial score (nSPS) is 21.7. The molecule has 0 spiro atoms. The summed E-state index contributed by atoms with van der Waals surface area (Å²) in [6, 6.07) is -0.951. The average Bonchev–Trinajstić information content (AvgIpc) is 2.35. The zero-order valence-electron chi connectivity index (χ0n) is 13.3. The highest BCUT2D eigenvalue weighted by Gasteiger charge is 2.37. The quantitative estimate of drug-likeness (QED) is 0.706. The molecule has 0 bridgehead atoms. The van der Waals surface area contributed by atoms with Gasteiger partial charge in [0.15, 0.2) is 0 Å². The van der Waals surface area contributed by atoms with Crippen molar-refractivity contribution in [2.75, 3.05) is 33.7 Å². The van der Waals surface area contributed by atoms with Gasteiger partial charge in [-0.05, 0) is 38.8 Å². The number of carboxylic acid groups (broad SMARTS) is 1. The number of rotatable bonds is 7. The van der Waals surface area contributed by atoms with Crippen LogP contribution in [0.5, 0.6) is 0 Å². The topological polar surface area (TPSA) is 90.0 Å². The van der Waals surface area contributed by atoms with Crippen molar-refractivity contribution in [3.63, 3.8) is 0 Å². The number of hydrogen-bond acceptors (Lipinski definition) is 4. The maximum atomic E-state index is 12.4. The van der Waals surface area contributed by atoms with Crippen molar-refractivity contribution in [3.05, 3.63) is 0 Å². The number of carboxylic acids is 1. The Kier molecular flexibility index (Phi) is 6.15. The molecular weight excluding hydrogens is 294 g/mol. The van der Waals surface area contributed by atoms with Gasteiger partial charge in [-0.15, -0.1) is 0 Å². The van der Waals surface area contributed by atoms with Crippen molar-refractivity contribution in [2.45, 2.75) is 39.2 Å². The van der Waals surface area contributed by atoms with Gasteiger partial charge in [0, 0.05) is 19.6 Å². The second-order valence-corrected chi connectivity index (χ2v) is 8.40. The molecule has 0 aliphatic carbocycles. The van der Waals surface area contributed by atoms with Crippen molar-refractivity contribution in [1.29, 1.82) is 0 Å². The molecule has 21 heavy (non-hydrogen) atoms. The lowest BCUT2D eigenvalue weighted by Crippen LogP contribution is -2.53. The van der Waals surface area contributed by atoms with Gasteiger partial charge in [0.1, 0.15) is 6.04 Å². The lowest BCUT2D eigenvalue weighted by Gasteiger charge is -2.34. The molecule has 2 N–H and O–H groups in total. The molecule has 1 unspecified atom stereocenters. The summed E-state index contributed by atoms with van der Waals surface area (Å²) in [5, 5.41) is 9.18. The molecule has 0 aromatic heterocycles. The molecule has 1 rings (SSSR count). The van der Waals surface area contributed by atoms with E-state index in [1.165, 1.54) is 0 Å². The van der Waals surface area contributed by atoms with E-state index in [0.717, 1.165) is 17.3 Å². The van der Waals surface area contributed by atoms with Crippen LogP contribution in [0.25, 0.3) is 0 Å². The van der Waals surface area contributed by atoms with E-state index in [9.17, 15) is 18.3 Å². The molecule has 0 saturated carbocycles. The molecule has 0 aromatic carbocycles. The molecule has 7 nitrogen and oxygen atoms in total. The molecule has 1 saturated heterocycles. The number of carbonyl (C=O) groups is 1. The Morgan fingerprint density at radius 1 is 1.38 bits per heavy atom. The SMILES string of the molecule is CN(C)CC(C)(C)CNS(=O)(=O)N1CCCCC1C(=O)O. The minimum Gasteiger partial charge on any atom is -0.480 e. The monoisotopic (exact) mass is 321 g/mol. The standard InChI is InChI=1S/C13H27N3O4S/c1-13(2,10-15(3)4)9-14-21(19,20)16-8-6-5-7-11(16)12(17)18/h11,14H,5-10H2,1-4H3,(H,17,18). The van der Waals surface area contributed by atoms with Gasteiger partial charge in [0.05, 0.1) is 0 Å². The summed E-state index contributed by atoms with van der Waals surface area (Å²) in [5.41, 5.74) is -0.231. The van der Waals surface area contributed by atoms with Crippen LogP contribution < -0.4 is 4.72 Å². The minimum absolute atomic E-state index is 0.231. The highest BCUT2D eigenvalue weighted by molar-refractivity contribution is 7.87. The van der Waals surface area contributed by atoms with E-state index in [2.05, 4.69) is 4.72 Å². The minimum atomic E-state index is -3.76. The van der Waals surface area contributed by atoms with Crippen LogP contribution in [0.4, 0.5) is 0 Å². The van der Waals surface area contributed by atoms with Gasteiger partial charge in [-0.25, -0.2) is 4.72 Å².